The molecule has 0 radical (unpaired) electrons. The van der Waals surface area contributed by atoms with Crippen molar-refractivity contribution in [2.24, 2.45) is 0 Å². The molecule has 0 spiro atoms. The molecule has 1 unspecified atom stereocenters. The lowest BCUT2D eigenvalue weighted by atomic mass is 9.94. The number of hydrogen-bond acceptors (Lipinski definition) is 6. The molecule has 0 saturated carbocycles. The van der Waals surface area contributed by atoms with Gasteiger partial charge in [0.15, 0.2) is 11.5 Å². The second-order valence-electron chi connectivity index (χ2n) is 9.23. The molecule has 186 valence electrons. The van der Waals surface area contributed by atoms with Gasteiger partial charge in [-0.1, -0.05) is 18.2 Å². The minimum Gasteiger partial charge on any atom is -0.507 e. The van der Waals surface area contributed by atoms with Crippen LogP contribution in [0.3, 0.4) is 0 Å². The monoisotopic (exact) mass is 495 g/mol. The molecule has 2 aliphatic rings. The predicted octanol–water partition coefficient (Wildman–Crippen LogP) is 4.63. The van der Waals surface area contributed by atoms with Crippen LogP contribution in [0.5, 0.6) is 11.5 Å². The van der Waals surface area contributed by atoms with E-state index in [9.17, 15) is 14.7 Å². The smallest absolute Gasteiger partial charge is 0.300 e. The number of H-pyrrole nitrogens is 1. The molecule has 6 rings (SSSR count). The fourth-order valence-corrected chi connectivity index (χ4v) is 4.97. The number of carbonyl (C=O) groups excluding carboxylic acids is 2. The zero-order valence-corrected chi connectivity index (χ0v) is 20.4. The number of para-hydroxylation sites is 1. The zero-order chi connectivity index (χ0) is 25.7. The lowest BCUT2D eigenvalue weighted by Crippen LogP contribution is -2.29. The summed E-state index contributed by atoms with van der Waals surface area (Å²) in [6.07, 6.45) is 1.79. The van der Waals surface area contributed by atoms with Crippen molar-refractivity contribution in [1.82, 2.24) is 4.98 Å². The number of aliphatic hydroxyl groups is 1. The number of fused-ring (bicyclic) bond motifs is 2. The van der Waals surface area contributed by atoms with E-state index in [1.54, 1.807) is 24.4 Å². The van der Waals surface area contributed by atoms with E-state index in [2.05, 4.69) is 4.98 Å². The van der Waals surface area contributed by atoms with Crippen LogP contribution in [0.15, 0.2) is 78.5 Å². The van der Waals surface area contributed by atoms with E-state index >= 15 is 0 Å². The number of amides is 1. The number of carbonyl (C=O) groups is 2. The summed E-state index contributed by atoms with van der Waals surface area (Å²) in [6, 6.07) is 19.2. The summed E-state index contributed by atoms with van der Waals surface area (Å²) in [5.74, 6) is -0.672. The van der Waals surface area contributed by atoms with Crippen LogP contribution in [0.1, 0.15) is 17.2 Å². The number of ether oxygens (including phenoxy) is 2. The maximum Gasteiger partial charge on any atom is 0.300 e. The van der Waals surface area contributed by atoms with Gasteiger partial charge in [-0.2, -0.15) is 0 Å². The Morgan fingerprint density at radius 1 is 0.973 bits per heavy atom. The molecule has 0 bridgehead atoms. The highest BCUT2D eigenvalue weighted by molar-refractivity contribution is 6.51. The second-order valence-corrected chi connectivity index (χ2v) is 9.23. The Kier molecular flexibility index (Phi) is 5.37. The van der Waals surface area contributed by atoms with E-state index in [4.69, 9.17) is 9.47 Å². The average Bonchev–Trinajstić information content (AvgIpc) is 3.46. The summed E-state index contributed by atoms with van der Waals surface area (Å²) in [7, 11) is 3.86. The highest BCUT2D eigenvalue weighted by Gasteiger charge is 2.47. The summed E-state index contributed by atoms with van der Waals surface area (Å²) in [5, 5.41) is 12.4. The first-order valence-corrected chi connectivity index (χ1v) is 12.0. The molecule has 37 heavy (non-hydrogen) atoms. The number of ketones is 1. The number of aromatic nitrogens is 1. The number of anilines is 2. The zero-order valence-electron chi connectivity index (χ0n) is 20.4. The highest BCUT2D eigenvalue weighted by atomic mass is 16.6. The van der Waals surface area contributed by atoms with Crippen LogP contribution in [-0.2, 0) is 9.59 Å². The largest absolute Gasteiger partial charge is 0.507 e. The molecule has 1 aromatic heterocycles. The topological polar surface area (TPSA) is 95.1 Å². The van der Waals surface area contributed by atoms with Crippen LogP contribution in [0, 0.1) is 0 Å². The third kappa shape index (κ3) is 3.69. The van der Waals surface area contributed by atoms with E-state index in [1.807, 2.05) is 67.5 Å². The highest BCUT2D eigenvalue weighted by Crippen LogP contribution is 2.45. The van der Waals surface area contributed by atoms with Gasteiger partial charge in [0.05, 0.1) is 11.6 Å². The first-order chi connectivity index (χ1) is 17.9. The number of benzene rings is 3. The average molecular weight is 496 g/mol. The first kappa shape index (κ1) is 22.7. The Morgan fingerprint density at radius 3 is 2.46 bits per heavy atom. The standard InChI is InChI=1S/C29H25N3O5/c1-31(2)18-8-10-19(11-9-18)32-26(21-16-30-22-6-4-3-5-20(21)22)25(28(34)29(32)35)27(33)17-7-12-23-24(15-17)37-14-13-36-23/h3-12,15-16,26,30,33H,13-14H2,1-2H3/b27-25+. The first-order valence-electron chi connectivity index (χ1n) is 12.0. The number of Topliss-reactive ketones (excluding diaryl/α,β-unsaturated/α-hetero) is 1. The molecular formula is C29H25N3O5. The Bertz CT molecular complexity index is 1570. The van der Waals surface area contributed by atoms with Gasteiger partial charge in [-0.15, -0.1) is 0 Å². The van der Waals surface area contributed by atoms with Crippen molar-refractivity contribution >= 4 is 39.7 Å². The van der Waals surface area contributed by atoms with Crippen molar-refractivity contribution < 1.29 is 24.2 Å². The van der Waals surface area contributed by atoms with E-state index in [0.29, 0.717) is 41.5 Å². The lowest BCUT2D eigenvalue weighted by Gasteiger charge is -2.26. The van der Waals surface area contributed by atoms with Crippen LogP contribution < -0.4 is 19.3 Å². The quantitative estimate of drug-likeness (QED) is 0.244. The molecule has 1 atom stereocenters. The van der Waals surface area contributed by atoms with Crippen LogP contribution in [0.25, 0.3) is 16.7 Å². The Morgan fingerprint density at radius 2 is 1.70 bits per heavy atom. The summed E-state index contributed by atoms with van der Waals surface area (Å²) >= 11 is 0. The van der Waals surface area contributed by atoms with Gasteiger partial charge in [0.1, 0.15) is 19.0 Å². The predicted molar refractivity (Wildman–Crippen MR) is 141 cm³/mol. The van der Waals surface area contributed by atoms with Crippen molar-refractivity contribution in [2.75, 3.05) is 37.1 Å². The van der Waals surface area contributed by atoms with E-state index in [0.717, 1.165) is 16.6 Å². The molecule has 8 nitrogen and oxygen atoms in total. The third-order valence-corrected chi connectivity index (χ3v) is 6.82. The fourth-order valence-electron chi connectivity index (χ4n) is 4.97. The van der Waals surface area contributed by atoms with Gasteiger partial charge in [-0.3, -0.25) is 14.5 Å². The summed E-state index contributed by atoms with van der Waals surface area (Å²) in [4.78, 5) is 33.7. The van der Waals surface area contributed by atoms with E-state index < -0.39 is 17.7 Å². The molecular weight excluding hydrogens is 470 g/mol. The molecule has 2 N–H and O–H groups in total. The van der Waals surface area contributed by atoms with Gasteiger partial charge < -0.3 is 24.5 Å². The van der Waals surface area contributed by atoms with Crippen molar-refractivity contribution in [3.05, 3.63) is 89.6 Å². The van der Waals surface area contributed by atoms with Gasteiger partial charge in [0, 0.05) is 53.7 Å². The van der Waals surface area contributed by atoms with E-state index in [1.165, 1.54) is 4.90 Å². The van der Waals surface area contributed by atoms with Crippen molar-refractivity contribution in [1.29, 1.82) is 0 Å². The lowest BCUT2D eigenvalue weighted by molar-refractivity contribution is -0.132. The maximum absolute atomic E-state index is 13.5. The molecule has 1 fully saturated rings. The van der Waals surface area contributed by atoms with Crippen LogP contribution >= 0.6 is 0 Å². The normalized spacial score (nSPS) is 18.4. The number of aromatic amines is 1. The van der Waals surface area contributed by atoms with Crippen molar-refractivity contribution in [3.63, 3.8) is 0 Å². The van der Waals surface area contributed by atoms with Gasteiger partial charge in [-0.25, -0.2) is 0 Å². The van der Waals surface area contributed by atoms with Crippen molar-refractivity contribution in [2.45, 2.75) is 6.04 Å². The molecule has 1 amide bonds. The number of nitrogens with one attached hydrogen (secondary N) is 1. The summed E-state index contributed by atoms with van der Waals surface area (Å²) < 4.78 is 11.3. The van der Waals surface area contributed by atoms with E-state index in [-0.39, 0.29) is 11.3 Å². The number of nitrogens with zero attached hydrogens (tertiary/aromatic N) is 2. The Hall–Kier alpha value is -4.72. The molecule has 3 heterocycles. The van der Waals surface area contributed by atoms with Crippen LogP contribution in [0.4, 0.5) is 11.4 Å². The molecule has 8 heteroatoms. The summed E-state index contributed by atoms with van der Waals surface area (Å²) in [6.45, 7) is 0.830. The summed E-state index contributed by atoms with van der Waals surface area (Å²) in [5.41, 5.74) is 3.48. The van der Waals surface area contributed by atoms with Gasteiger partial charge >= 0.3 is 0 Å². The van der Waals surface area contributed by atoms with Gasteiger partial charge in [0.25, 0.3) is 11.7 Å². The Labute approximate surface area is 213 Å². The van der Waals surface area contributed by atoms with Gasteiger partial charge in [-0.05, 0) is 48.5 Å². The third-order valence-electron chi connectivity index (χ3n) is 6.82. The molecule has 1 saturated heterocycles. The van der Waals surface area contributed by atoms with Crippen molar-refractivity contribution in [3.8, 4) is 11.5 Å². The molecule has 4 aromatic rings. The van der Waals surface area contributed by atoms with Crippen LogP contribution in [-0.4, -0.2) is 49.1 Å². The molecule has 3 aromatic carbocycles. The SMILES string of the molecule is CN(C)c1ccc(N2C(=O)C(=O)/C(=C(/O)c3ccc4c(c3)OCCO4)C2c2c[nH]c3ccccc23)cc1. The number of aliphatic hydroxyl groups excluding tert-OH is 1. The molecule has 0 aliphatic carbocycles. The second kappa shape index (κ2) is 8.74. The molecule has 2 aliphatic heterocycles. The van der Waals surface area contributed by atoms with Crippen LogP contribution in [0.2, 0.25) is 0 Å². The minimum absolute atomic E-state index is 0.0168. The fraction of sp³-hybridized carbons (Fsp3) is 0.172. The number of rotatable bonds is 4. The van der Waals surface area contributed by atoms with Gasteiger partial charge in [0.2, 0.25) is 0 Å². The minimum atomic E-state index is -0.838. The Balaban J connectivity index is 1.55. The number of hydrogen-bond donors (Lipinski definition) is 2. The maximum atomic E-state index is 13.5.